The Morgan fingerprint density at radius 3 is 2.47 bits per heavy atom. The molecule has 0 radical (unpaired) electrons. The maximum absolute atomic E-state index is 12.9. The quantitative estimate of drug-likeness (QED) is 0.169. The molecule has 4 amide bonds. The number of nitrogens with one attached hydrogen (secondary N) is 3. The number of piperidine rings is 1. The molecule has 0 saturated carbocycles. The number of ether oxygens (including phenoxy) is 3. The van der Waals surface area contributed by atoms with E-state index >= 15 is 0 Å². The van der Waals surface area contributed by atoms with E-state index in [0.29, 0.717) is 56.4 Å². The largest absolute Gasteiger partial charge is 0.379 e. The van der Waals surface area contributed by atoms with Crippen LogP contribution in [0.3, 0.4) is 0 Å². The summed E-state index contributed by atoms with van der Waals surface area (Å²) in [6.45, 7) is 4.88. The Kier molecular flexibility index (Phi) is 11.2. The van der Waals surface area contributed by atoms with Crippen LogP contribution in [-0.4, -0.2) is 93.8 Å². The third kappa shape index (κ3) is 8.07. The minimum Gasteiger partial charge on any atom is -0.379 e. The van der Waals surface area contributed by atoms with Crippen LogP contribution in [-0.2, 0) is 35.1 Å². The van der Waals surface area contributed by atoms with Crippen molar-refractivity contribution in [1.82, 2.24) is 15.5 Å². The zero-order chi connectivity index (χ0) is 25.8. The second-order valence-corrected chi connectivity index (χ2v) is 8.41. The van der Waals surface area contributed by atoms with Gasteiger partial charge in [-0.1, -0.05) is 6.07 Å². The second kappa shape index (κ2) is 14.6. The molecule has 2 aliphatic heterocycles. The molecule has 5 N–H and O–H groups in total. The molecule has 1 unspecified atom stereocenters. The van der Waals surface area contributed by atoms with E-state index in [1.807, 2.05) is 0 Å². The van der Waals surface area contributed by atoms with E-state index in [1.165, 1.54) is 4.90 Å². The lowest BCUT2D eigenvalue weighted by molar-refractivity contribution is -0.137. The summed E-state index contributed by atoms with van der Waals surface area (Å²) in [7, 11) is 0. The molecule has 2 aliphatic rings. The number of benzene rings is 1. The predicted molar refractivity (Wildman–Crippen MR) is 130 cm³/mol. The number of anilines is 1. The van der Waals surface area contributed by atoms with Crippen molar-refractivity contribution in [2.24, 2.45) is 5.73 Å². The Labute approximate surface area is 210 Å². The van der Waals surface area contributed by atoms with Crippen molar-refractivity contribution in [2.75, 3.05) is 64.6 Å². The van der Waals surface area contributed by atoms with Gasteiger partial charge in [-0.05, 0) is 18.6 Å². The molecule has 12 heteroatoms. The van der Waals surface area contributed by atoms with Gasteiger partial charge in [-0.25, -0.2) is 0 Å². The van der Waals surface area contributed by atoms with E-state index in [2.05, 4.69) is 16.0 Å². The first-order valence-electron chi connectivity index (χ1n) is 12.2. The summed E-state index contributed by atoms with van der Waals surface area (Å²) in [5.41, 5.74) is 7.02. The van der Waals surface area contributed by atoms with E-state index in [0.717, 1.165) is 13.1 Å². The van der Waals surface area contributed by atoms with Crippen LogP contribution >= 0.6 is 0 Å². The lowest BCUT2D eigenvalue weighted by Gasteiger charge is -2.29. The Bertz CT molecular complexity index is 926. The summed E-state index contributed by atoms with van der Waals surface area (Å²) < 4.78 is 16.3. The van der Waals surface area contributed by atoms with Crippen LogP contribution in [0.25, 0.3) is 0 Å². The summed E-state index contributed by atoms with van der Waals surface area (Å²) in [6.07, 6.45) is 0.618. The lowest BCUT2D eigenvalue weighted by Crippen LogP contribution is -2.52. The topological polar surface area (TPSA) is 161 Å². The van der Waals surface area contributed by atoms with Crippen molar-refractivity contribution in [3.05, 3.63) is 29.3 Å². The summed E-state index contributed by atoms with van der Waals surface area (Å²) >= 11 is 0. The average Bonchev–Trinajstić information content (AvgIpc) is 3.19. The molecule has 1 aromatic rings. The predicted octanol–water partition coefficient (Wildman–Crippen LogP) is -0.626. The van der Waals surface area contributed by atoms with Gasteiger partial charge in [-0.3, -0.25) is 24.5 Å². The van der Waals surface area contributed by atoms with E-state index in [1.54, 1.807) is 18.2 Å². The smallest absolute Gasteiger partial charge is 0.255 e. The Balaban J connectivity index is 1.32. The lowest BCUT2D eigenvalue weighted by atomic mass is 10.0. The Morgan fingerprint density at radius 1 is 1.03 bits per heavy atom. The molecule has 12 nitrogen and oxygen atoms in total. The number of hydrogen-bond acceptors (Lipinski definition) is 9. The van der Waals surface area contributed by atoms with Crippen LogP contribution in [0.15, 0.2) is 18.2 Å². The van der Waals surface area contributed by atoms with E-state index < -0.39 is 11.9 Å². The van der Waals surface area contributed by atoms with E-state index in [9.17, 15) is 19.2 Å². The van der Waals surface area contributed by atoms with Crippen LogP contribution in [0.1, 0.15) is 35.2 Å². The van der Waals surface area contributed by atoms with Crippen molar-refractivity contribution >= 4 is 29.3 Å². The van der Waals surface area contributed by atoms with Crippen LogP contribution in [0.5, 0.6) is 0 Å². The van der Waals surface area contributed by atoms with Crippen molar-refractivity contribution in [2.45, 2.75) is 31.8 Å². The molecule has 36 heavy (non-hydrogen) atoms. The molecule has 2 heterocycles. The van der Waals surface area contributed by atoms with Crippen LogP contribution in [0.2, 0.25) is 0 Å². The van der Waals surface area contributed by atoms with Gasteiger partial charge in [0.2, 0.25) is 17.7 Å². The molecule has 0 aromatic heterocycles. The highest BCUT2D eigenvalue weighted by Crippen LogP contribution is 2.32. The fourth-order valence-corrected chi connectivity index (χ4v) is 3.99. The molecule has 1 atom stereocenters. The minimum atomic E-state index is -0.702. The summed E-state index contributed by atoms with van der Waals surface area (Å²) in [4.78, 5) is 50.4. The maximum Gasteiger partial charge on any atom is 0.255 e. The Morgan fingerprint density at radius 2 is 1.75 bits per heavy atom. The molecule has 0 bridgehead atoms. The maximum atomic E-state index is 12.9. The Hall–Kier alpha value is -2.90. The first kappa shape index (κ1) is 27.7. The first-order valence-corrected chi connectivity index (χ1v) is 12.2. The molecule has 1 aromatic carbocycles. The molecular weight excluding hydrogens is 470 g/mol. The van der Waals surface area contributed by atoms with Crippen LogP contribution < -0.4 is 21.7 Å². The number of amides is 4. The average molecular weight is 506 g/mol. The van der Waals surface area contributed by atoms with Crippen LogP contribution in [0.4, 0.5) is 5.69 Å². The normalized spacial score (nSPS) is 17.3. The molecule has 0 spiro atoms. The highest BCUT2D eigenvalue weighted by Gasteiger charge is 2.39. The van der Waals surface area contributed by atoms with Gasteiger partial charge >= 0.3 is 0 Å². The molecule has 1 fully saturated rings. The highest BCUT2D eigenvalue weighted by atomic mass is 16.5. The third-order valence-corrected chi connectivity index (χ3v) is 5.82. The number of carbonyl (C=O) groups is 4. The number of imide groups is 1. The van der Waals surface area contributed by atoms with E-state index in [4.69, 9.17) is 19.9 Å². The fourth-order valence-electron chi connectivity index (χ4n) is 3.99. The molecule has 198 valence electrons. The fraction of sp³-hybridized carbons (Fsp3) is 0.583. The van der Waals surface area contributed by atoms with Gasteiger partial charge in [0.25, 0.3) is 5.91 Å². The number of nitrogens with zero attached hydrogens (tertiary/aromatic N) is 1. The van der Waals surface area contributed by atoms with Crippen molar-refractivity contribution in [3.63, 3.8) is 0 Å². The first-order chi connectivity index (χ1) is 17.5. The second-order valence-electron chi connectivity index (χ2n) is 8.41. The van der Waals surface area contributed by atoms with Crippen molar-refractivity contribution in [1.29, 1.82) is 0 Å². The summed E-state index contributed by atoms with van der Waals surface area (Å²) in [5, 5.41) is 8.25. The number of hydrogen-bond donors (Lipinski definition) is 4. The van der Waals surface area contributed by atoms with Crippen molar-refractivity contribution in [3.8, 4) is 0 Å². The number of rotatable bonds is 16. The van der Waals surface area contributed by atoms with E-state index in [-0.39, 0.29) is 50.1 Å². The zero-order valence-electron chi connectivity index (χ0n) is 20.4. The van der Waals surface area contributed by atoms with Gasteiger partial charge in [0.05, 0.1) is 46.1 Å². The molecule has 3 rings (SSSR count). The zero-order valence-corrected chi connectivity index (χ0v) is 20.4. The summed E-state index contributed by atoms with van der Waals surface area (Å²) in [5.74, 6) is -1.33. The van der Waals surface area contributed by atoms with Gasteiger partial charge in [-0.2, -0.15) is 0 Å². The highest BCUT2D eigenvalue weighted by molar-refractivity contribution is 6.06. The van der Waals surface area contributed by atoms with Gasteiger partial charge in [0.15, 0.2) is 0 Å². The number of carbonyl (C=O) groups excluding carboxylic acids is 4. The number of nitrogens with two attached hydrogens (primary N) is 1. The SMILES string of the molecule is NCCNCCOCCOCCOCCC(=O)Nc1cccc2c1CN(C1CCC(=O)NC1=O)C2=O. The van der Waals surface area contributed by atoms with Crippen LogP contribution in [0, 0.1) is 0 Å². The molecular formula is C24H35N5O7. The third-order valence-electron chi connectivity index (χ3n) is 5.82. The monoisotopic (exact) mass is 505 g/mol. The van der Waals surface area contributed by atoms with Gasteiger partial charge < -0.3 is 35.5 Å². The molecule has 0 aliphatic carbocycles. The van der Waals surface area contributed by atoms with Gasteiger partial charge in [0, 0.05) is 49.4 Å². The standard InChI is InChI=1S/C24H35N5O7/c25-7-8-26-9-11-35-13-15-36-14-12-34-10-6-22(31)27-19-3-1-2-17-18(19)16-29(24(17)33)20-4-5-21(30)28-23(20)32/h1-3,20,26H,4-16,25H2,(H,27,31)(H,28,30,32). The van der Waals surface area contributed by atoms with Crippen molar-refractivity contribution < 1.29 is 33.4 Å². The molecule has 1 saturated heterocycles. The number of fused-ring (bicyclic) bond motifs is 1. The van der Waals surface area contributed by atoms with Gasteiger partial charge in [0.1, 0.15) is 6.04 Å². The minimum absolute atomic E-state index is 0.146. The van der Waals surface area contributed by atoms with Gasteiger partial charge in [-0.15, -0.1) is 0 Å². The summed E-state index contributed by atoms with van der Waals surface area (Å²) in [6, 6.07) is 4.38.